The lowest BCUT2D eigenvalue weighted by Crippen LogP contribution is -2.30. The summed E-state index contributed by atoms with van der Waals surface area (Å²) in [6.45, 7) is 3.26. The standard InChI is InChI=1S/C40H35N3O6S/c1-2-47-34-16-10-9-15-29(34)25-33(43-38(44)28-13-7-4-8-14-28)39(45)41-30-17-20-32(21-18-30)50-37(27-11-5-3-6-12-27)40(46)42-31-19-22-35-36(26-31)49-24-23-48-35/h3-22,25-26,37H,2,23-24H2,1H3,(H,41,45)(H,42,46)(H,43,44)/b33-25-. The van der Waals surface area contributed by atoms with E-state index in [-0.39, 0.29) is 11.6 Å². The van der Waals surface area contributed by atoms with E-state index < -0.39 is 17.1 Å². The van der Waals surface area contributed by atoms with Crippen molar-refractivity contribution in [3.05, 3.63) is 150 Å². The van der Waals surface area contributed by atoms with Crippen molar-refractivity contribution in [2.75, 3.05) is 30.5 Å². The maximum absolute atomic E-state index is 13.7. The number of rotatable bonds is 12. The van der Waals surface area contributed by atoms with Crippen molar-refractivity contribution in [1.82, 2.24) is 5.32 Å². The Morgan fingerprint density at radius 3 is 2.16 bits per heavy atom. The van der Waals surface area contributed by atoms with E-state index in [0.29, 0.717) is 59.6 Å². The molecule has 1 aliphatic heterocycles. The third kappa shape index (κ3) is 8.72. The molecule has 1 atom stereocenters. The molecule has 3 N–H and O–H groups in total. The van der Waals surface area contributed by atoms with Crippen molar-refractivity contribution in [2.24, 2.45) is 0 Å². The van der Waals surface area contributed by atoms with E-state index in [2.05, 4.69) is 16.0 Å². The molecule has 3 amide bonds. The Morgan fingerprint density at radius 1 is 0.760 bits per heavy atom. The lowest BCUT2D eigenvalue weighted by atomic mass is 10.1. The lowest BCUT2D eigenvalue weighted by Gasteiger charge is -2.20. The van der Waals surface area contributed by atoms with Gasteiger partial charge < -0.3 is 30.2 Å². The number of hydrogen-bond donors (Lipinski definition) is 3. The molecule has 0 aromatic heterocycles. The third-order valence-corrected chi connectivity index (χ3v) is 8.83. The van der Waals surface area contributed by atoms with Crippen molar-refractivity contribution in [1.29, 1.82) is 0 Å². The highest BCUT2D eigenvalue weighted by Crippen LogP contribution is 2.38. The summed E-state index contributed by atoms with van der Waals surface area (Å²) in [5.41, 5.74) is 3.04. The molecule has 1 heterocycles. The Bertz CT molecular complexity index is 1980. The van der Waals surface area contributed by atoms with Gasteiger partial charge >= 0.3 is 0 Å². The SMILES string of the molecule is CCOc1ccccc1/C=C(\NC(=O)c1ccccc1)C(=O)Nc1ccc(SC(C(=O)Nc2ccc3c(c2)OCCO3)c2ccccc2)cc1. The number of fused-ring (bicyclic) bond motifs is 1. The summed E-state index contributed by atoms with van der Waals surface area (Å²) in [4.78, 5) is 41.2. The molecule has 1 unspecified atom stereocenters. The first-order valence-electron chi connectivity index (χ1n) is 16.1. The fraction of sp³-hybridized carbons (Fsp3) is 0.125. The van der Waals surface area contributed by atoms with Gasteiger partial charge in [-0.15, -0.1) is 11.8 Å². The highest BCUT2D eigenvalue weighted by atomic mass is 32.2. The molecule has 6 rings (SSSR count). The van der Waals surface area contributed by atoms with Crippen molar-refractivity contribution in [2.45, 2.75) is 17.1 Å². The Balaban J connectivity index is 1.19. The summed E-state index contributed by atoms with van der Waals surface area (Å²) in [7, 11) is 0. The molecule has 0 saturated carbocycles. The van der Waals surface area contributed by atoms with Crippen LogP contribution in [0.2, 0.25) is 0 Å². The number of ether oxygens (including phenoxy) is 3. The van der Waals surface area contributed by atoms with Gasteiger partial charge in [-0.2, -0.15) is 0 Å². The van der Waals surface area contributed by atoms with Gasteiger partial charge in [0, 0.05) is 33.5 Å². The van der Waals surface area contributed by atoms with Crippen LogP contribution >= 0.6 is 11.8 Å². The molecule has 0 spiro atoms. The van der Waals surface area contributed by atoms with Crippen LogP contribution in [0.15, 0.2) is 138 Å². The minimum atomic E-state index is -0.571. The van der Waals surface area contributed by atoms with Gasteiger partial charge in [-0.1, -0.05) is 66.7 Å². The second-order valence-corrected chi connectivity index (χ2v) is 12.3. The van der Waals surface area contributed by atoms with E-state index in [1.54, 1.807) is 66.7 Å². The summed E-state index contributed by atoms with van der Waals surface area (Å²) in [5, 5.41) is 8.10. The first-order chi connectivity index (χ1) is 24.5. The van der Waals surface area contributed by atoms with Gasteiger partial charge in [-0.25, -0.2) is 0 Å². The van der Waals surface area contributed by atoms with E-state index >= 15 is 0 Å². The van der Waals surface area contributed by atoms with Gasteiger partial charge in [-0.3, -0.25) is 14.4 Å². The quantitative estimate of drug-likeness (QED) is 0.0910. The minimum Gasteiger partial charge on any atom is -0.493 e. The molecule has 0 bridgehead atoms. The Labute approximate surface area is 294 Å². The maximum atomic E-state index is 13.7. The van der Waals surface area contributed by atoms with Crippen LogP contribution in [0.5, 0.6) is 17.2 Å². The van der Waals surface area contributed by atoms with Crippen LogP contribution in [0.1, 0.15) is 33.7 Å². The van der Waals surface area contributed by atoms with Crippen molar-refractivity contribution >= 4 is 46.9 Å². The van der Waals surface area contributed by atoms with Crippen LogP contribution in [-0.4, -0.2) is 37.5 Å². The van der Waals surface area contributed by atoms with Crippen LogP contribution in [-0.2, 0) is 9.59 Å². The number of para-hydroxylation sites is 1. The largest absolute Gasteiger partial charge is 0.493 e. The first kappa shape index (κ1) is 33.9. The first-order valence-corrected chi connectivity index (χ1v) is 17.0. The predicted molar refractivity (Wildman–Crippen MR) is 196 cm³/mol. The molecule has 0 aliphatic carbocycles. The molecular weight excluding hydrogens is 651 g/mol. The number of amides is 3. The lowest BCUT2D eigenvalue weighted by molar-refractivity contribution is -0.116. The highest BCUT2D eigenvalue weighted by Gasteiger charge is 2.23. The molecule has 252 valence electrons. The van der Waals surface area contributed by atoms with Crippen LogP contribution in [0.3, 0.4) is 0 Å². The summed E-state index contributed by atoms with van der Waals surface area (Å²) >= 11 is 1.38. The third-order valence-electron chi connectivity index (χ3n) is 7.56. The molecule has 5 aromatic rings. The number of anilines is 2. The second kappa shape index (κ2) is 16.4. The molecular formula is C40H35N3O6S. The number of carbonyl (C=O) groups excluding carboxylic acids is 3. The van der Waals surface area contributed by atoms with Gasteiger partial charge in [-0.05, 0) is 73.2 Å². The molecule has 50 heavy (non-hydrogen) atoms. The maximum Gasteiger partial charge on any atom is 0.272 e. The molecule has 0 fully saturated rings. The predicted octanol–water partition coefficient (Wildman–Crippen LogP) is 7.74. The summed E-state index contributed by atoms with van der Waals surface area (Å²) in [6.07, 6.45) is 1.59. The molecule has 0 radical (unpaired) electrons. The van der Waals surface area contributed by atoms with Crippen LogP contribution in [0.25, 0.3) is 6.08 Å². The van der Waals surface area contributed by atoms with Gasteiger partial charge in [0.2, 0.25) is 5.91 Å². The fourth-order valence-electron chi connectivity index (χ4n) is 5.17. The summed E-state index contributed by atoms with van der Waals surface area (Å²) in [6, 6.07) is 38.0. The number of nitrogens with one attached hydrogen (secondary N) is 3. The molecule has 10 heteroatoms. The number of thioether (sulfide) groups is 1. The van der Waals surface area contributed by atoms with Crippen molar-refractivity contribution in [3.63, 3.8) is 0 Å². The van der Waals surface area contributed by atoms with Gasteiger partial charge in [0.15, 0.2) is 11.5 Å². The average Bonchev–Trinajstić information content (AvgIpc) is 3.15. The van der Waals surface area contributed by atoms with E-state index in [1.807, 2.05) is 73.7 Å². The molecule has 1 aliphatic rings. The molecule has 9 nitrogen and oxygen atoms in total. The Hall–Kier alpha value is -6.00. The van der Waals surface area contributed by atoms with Gasteiger partial charge in [0.25, 0.3) is 11.8 Å². The van der Waals surface area contributed by atoms with E-state index in [4.69, 9.17) is 14.2 Å². The Kier molecular flexibility index (Phi) is 11.1. The molecule has 0 saturated heterocycles. The number of hydrogen-bond acceptors (Lipinski definition) is 7. The minimum absolute atomic E-state index is 0.0458. The summed E-state index contributed by atoms with van der Waals surface area (Å²) in [5.74, 6) is 0.683. The van der Waals surface area contributed by atoms with Crippen molar-refractivity contribution < 1.29 is 28.6 Å². The van der Waals surface area contributed by atoms with E-state index in [1.165, 1.54) is 11.8 Å². The summed E-state index contributed by atoms with van der Waals surface area (Å²) < 4.78 is 17.0. The van der Waals surface area contributed by atoms with Crippen LogP contribution in [0, 0.1) is 0 Å². The zero-order valence-electron chi connectivity index (χ0n) is 27.3. The van der Waals surface area contributed by atoms with E-state index in [9.17, 15) is 14.4 Å². The zero-order chi connectivity index (χ0) is 34.7. The smallest absolute Gasteiger partial charge is 0.272 e. The van der Waals surface area contributed by atoms with Crippen LogP contribution < -0.4 is 30.2 Å². The normalized spacial score (nSPS) is 12.7. The fourth-order valence-corrected chi connectivity index (χ4v) is 6.19. The topological polar surface area (TPSA) is 115 Å². The monoisotopic (exact) mass is 685 g/mol. The average molecular weight is 686 g/mol. The van der Waals surface area contributed by atoms with E-state index in [0.717, 1.165) is 10.5 Å². The number of carbonyl (C=O) groups is 3. The van der Waals surface area contributed by atoms with Gasteiger partial charge in [0.05, 0.1) is 6.61 Å². The zero-order valence-corrected chi connectivity index (χ0v) is 28.1. The molecule has 5 aromatic carbocycles. The van der Waals surface area contributed by atoms with Crippen LogP contribution in [0.4, 0.5) is 11.4 Å². The highest BCUT2D eigenvalue weighted by molar-refractivity contribution is 8.00. The van der Waals surface area contributed by atoms with Crippen molar-refractivity contribution in [3.8, 4) is 17.2 Å². The van der Waals surface area contributed by atoms with Gasteiger partial charge in [0.1, 0.15) is 29.9 Å². The number of benzene rings is 5. The second-order valence-electron chi connectivity index (χ2n) is 11.1. The Morgan fingerprint density at radius 2 is 1.42 bits per heavy atom.